The summed E-state index contributed by atoms with van der Waals surface area (Å²) in [5, 5.41) is 0.872. The van der Waals surface area contributed by atoms with E-state index in [1.54, 1.807) is 11.8 Å². The van der Waals surface area contributed by atoms with Crippen LogP contribution in [0, 0.1) is 0 Å². The second-order valence-corrected chi connectivity index (χ2v) is 5.52. The Labute approximate surface area is 100 Å². The van der Waals surface area contributed by atoms with E-state index in [0.29, 0.717) is 0 Å². The Morgan fingerprint density at radius 3 is 2.60 bits per heavy atom. The van der Waals surface area contributed by atoms with Gasteiger partial charge in [-0.1, -0.05) is 17.7 Å². The lowest BCUT2D eigenvalue weighted by molar-refractivity contribution is 0.548. The van der Waals surface area contributed by atoms with Gasteiger partial charge in [0.1, 0.15) is 0 Å². The highest BCUT2D eigenvalue weighted by molar-refractivity contribution is 7.98. The molecule has 0 aromatic heterocycles. The first-order valence-electron chi connectivity index (χ1n) is 5.20. The summed E-state index contributed by atoms with van der Waals surface area (Å²) in [6.07, 6.45) is 4.43. The minimum atomic E-state index is 0.149. The second kappa shape index (κ2) is 4.00. The summed E-state index contributed by atoms with van der Waals surface area (Å²) < 4.78 is 0. The lowest BCUT2D eigenvalue weighted by atomic mass is 9.89. The van der Waals surface area contributed by atoms with Gasteiger partial charge in [-0.25, -0.2) is 0 Å². The molecule has 2 N–H and O–H groups in total. The van der Waals surface area contributed by atoms with Crippen molar-refractivity contribution in [2.75, 3.05) is 6.26 Å². The first-order valence-corrected chi connectivity index (χ1v) is 6.80. The number of hydrogen-bond donors (Lipinski definition) is 1. The average molecular weight is 242 g/mol. The number of rotatable bonds is 3. The highest BCUT2D eigenvalue weighted by Crippen LogP contribution is 2.54. The molecule has 1 nitrogen and oxygen atoms in total. The lowest BCUT2D eigenvalue weighted by Crippen LogP contribution is -2.32. The van der Waals surface area contributed by atoms with Crippen molar-refractivity contribution in [2.24, 2.45) is 5.73 Å². The van der Waals surface area contributed by atoms with Crippen LogP contribution >= 0.6 is 23.4 Å². The van der Waals surface area contributed by atoms with Gasteiger partial charge in [-0.15, -0.1) is 11.8 Å². The highest BCUT2D eigenvalue weighted by Gasteiger charge is 2.49. The second-order valence-electron chi connectivity index (χ2n) is 4.26. The molecule has 0 amide bonds. The van der Waals surface area contributed by atoms with Gasteiger partial charge in [0.2, 0.25) is 0 Å². The molecule has 0 aliphatic heterocycles. The molecule has 0 radical (unpaired) electrons. The van der Waals surface area contributed by atoms with Crippen molar-refractivity contribution < 1.29 is 0 Å². The molecular formula is C12H16ClNS. The third-order valence-corrected chi connectivity index (χ3v) is 4.45. The summed E-state index contributed by atoms with van der Waals surface area (Å²) in [6, 6.07) is 6.30. The summed E-state index contributed by atoms with van der Waals surface area (Å²) in [7, 11) is 0. The third kappa shape index (κ3) is 1.79. The van der Waals surface area contributed by atoms with E-state index in [9.17, 15) is 0 Å². The summed E-state index contributed by atoms with van der Waals surface area (Å²) in [4.78, 5) is 1.28. The SMILES string of the molecule is CSc1cccc(Cl)c1C1(C(C)N)CC1. The average Bonchev–Trinajstić information content (AvgIpc) is 2.98. The Bertz CT molecular complexity index is 372. The van der Waals surface area contributed by atoms with Gasteiger partial charge < -0.3 is 5.73 Å². The molecule has 15 heavy (non-hydrogen) atoms. The molecule has 1 aliphatic carbocycles. The van der Waals surface area contributed by atoms with Crippen LogP contribution < -0.4 is 5.73 Å². The maximum Gasteiger partial charge on any atom is 0.0455 e. The molecule has 3 heteroatoms. The van der Waals surface area contributed by atoms with E-state index < -0.39 is 0 Å². The van der Waals surface area contributed by atoms with Crippen molar-refractivity contribution in [1.29, 1.82) is 0 Å². The molecule has 1 aliphatic rings. The van der Waals surface area contributed by atoms with E-state index in [2.05, 4.69) is 19.2 Å². The zero-order valence-electron chi connectivity index (χ0n) is 9.09. The van der Waals surface area contributed by atoms with Gasteiger partial charge >= 0.3 is 0 Å². The quantitative estimate of drug-likeness (QED) is 0.821. The van der Waals surface area contributed by atoms with Crippen molar-refractivity contribution in [3.8, 4) is 0 Å². The molecule has 1 fully saturated rings. The predicted octanol–water partition coefficient (Wildman–Crippen LogP) is 3.44. The van der Waals surface area contributed by atoms with Crippen LogP contribution in [0.15, 0.2) is 23.1 Å². The maximum atomic E-state index is 6.31. The molecule has 2 rings (SSSR count). The number of halogens is 1. The summed E-state index contributed by atoms with van der Waals surface area (Å²) in [5.74, 6) is 0. The third-order valence-electron chi connectivity index (χ3n) is 3.35. The largest absolute Gasteiger partial charge is 0.327 e. The van der Waals surface area contributed by atoms with E-state index in [0.717, 1.165) is 5.02 Å². The molecule has 1 atom stereocenters. The topological polar surface area (TPSA) is 26.0 Å². The molecule has 0 bridgehead atoms. The van der Waals surface area contributed by atoms with Crippen LogP contribution in [0.4, 0.5) is 0 Å². The Morgan fingerprint density at radius 2 is 2.13 bits per heavy atom. The van der Waals surface area contributed by atoms with E-state index in [1.165, 1.54) is 23.3 Å². The first kappa shape index (κ1) is 11.3. The fourth-order valence-electron chi connectivity index (χ4n) is 2.23. The Morgan fingerprint density at radius 1 is 1.47 bits per heavy atom. The van der Waals surface area contributed by atoms with Gasteiger partial charge in [-0.2, -0.15) is 0 Å². The minimum Gasteiger partial charge on any atom is -0.327 e. The molecule has 0 heterocycles. The van der Waals surface area contributed by atoms with Gasteiger partial charge in [0.05, 0.1) is 0 Å². The van der Waals surface area contributed by atoms with Gasteiger partial charge in [0.15, 0.2) is 0 Å². The number of benzene rings is 1. The molecule has 0 spiro atoms. The van der Waals surface area contributed by atoms with Gasteiger partial charge in [-0.05, 0) is 43.7 Å². The molecule has 1 aromatic carbocycles. The standard InChI is InChI=1S/C12H16ClNS/c1-8(14)12(6-7-12)11-9(13)4-3-5-10(11)15-2/h3-5,8H,6-7,14H2,1-2H3. The van der Waals surface area contributed by atoms with Crippen molar-refractivity contribution in [3.63, 3.8) is 0 Å². The van der Waals surface area contributed by atoms with Crippen molar-refractivity contribution >= 4 is 23.4 Å². The van der Waals surface area contributed by atoms with E-state index in [4.69, 9.17) is 17.3 Å². The fourth-order valence-corrected chi connectivity index (χ4v) is 3.38. The van der Waals surface area contributed by atoms with Crippen LogP contribution in [-0.4, -0.2) is 12.3 Å². The van der Waals surface area contributed by atoms with Crippen LogP contribution in [0.3, 0.4) is 0 Å². The predicted molar refractivity (Wildman–Crippen MR) is 67.8 cm³/mol. The van der Waals surface area contributed by atoms with Crippen molar-refractivity contribution in [2.45, 2.75) is 36.1 Å². The molecular weight excluding hydrogens is 226 g/mol. The molecule has 82 valence electrons. The Kier molecular flexibility index (Phi) is 3.02. The van der Waals surface area contributed by atoms with Gasteiger partial charge in [0, 0.05) is 21.4 Å². The fraction of sp³-hybridized carbons (Fsp3) is 0.500. The van der Waals surface area contributed by atoms with Crippen molar-refractivity contribution in [3.05, 3.63) is 28.8 Å². The summed E-state index contributed by atoms with van der Waals surface area (Å²) in [5.41, 5.74) is 7.51. The zero-order chi connectivity index (χ0) is 11.1. The van der Waals surface area contributed by atoms with Crippen LogP contribution in [0.25, 0.3) is 0 Å². The molecule has 1 aromatic rings. The first-order chi connectivity index (χ1) is 7.12. The smallest absolute Gasteiger partial charge is 0.0455 e. The van der Waals surface area contributed by atoms with E-state index in [1.807, 2.05) is 12.1 Å². The Balaban J connectivity index is 2.51. The van der Waals surface area contributed by atoms with Gasteiger partial charge in [0.25, 0.3) is 0 Å². The molecule has 0 saturated heterocycles. The van der Waals surface area contributed by atoms with Crippen LogP contribution in [0.1, 0.15) is 25.3 Å². The summed E-state index contributed by atoms with van der Waals surface area (Å²) in [6.45, 7) is 2.08. The van der Waals surface area contributed by atoms with Crippen LogP contribution in [0.2, 0.25) is 5.02 Å². The van der Waals surface area contributed by atoms with Crippen molar-refractivity contribution in [1.82, 2.24) is 0 Å². The zero-order valence-corrected chi connectivity index (χ0v) is 10.7. The van der Waals surface area contributed by atoms with Gasteiger partial charge in [-0.3, -0.25) is 0 Å². The van der Waals surface area contributed by atoms with E-state index in [-0.39, 0.29) is 11.5 Å². The van der Waals surface area contributed by atoms with Crippen LogP contribution in [-0.2, 0) is 5.41 Å². The number of thioether (sulfide) groups is 1. The summed E-state index contributed by atoms with van der Waals surface area (Å²) >= 11 is 8.06. The lowest BCUT2D eigenvalue weighted by Gasteiger charge is -2.23. The number of nitrogens with two attached hydrogens (primary N) is 1. The highest BCUT2D eigenvalue weighted by atomic mass is 35.5. The maximum absolute atomic E-state index is 6.31. The minimum absolute atomic E-state index is 0.149. The van der Waals surface area contributed by atoms with E-state index >= 15 is 0 Å². The number of hydrogen-bond acceptors (Lipinski definition) is 2. The normalized spacial score (nSPS) is 20.0. The Hall–Kier alpha value is -0.180. The molecule has 1 saturated carbocycles. The van der Waals surface area contributed by atoms with Crippen LogP contribution in [0.5, 0.6) is 0 Å². The monoisotopic (exact) mass is 241 g/mol. The molecule has 1 unspecified atom stereocenters.